The Labute approximate surface area is 167 Å². The van der Waals surface area contributed by atoms with Crippen LogP contribution in [0.1, 0.15) is 31.1 Å². The van der Waals surface area contributed by atoms with Gasteiger partial charge < -0.3 is 15.4 Å². The lowest BCUT2D eigenvalue weighted by atomic mass is 10.0. The van der Waals surface area contributed by atoms with Crippen molar-refractivity contribution in [2.45, 2.75) is 32.9 Å². The maximum Gasteiger partial charge on any atom is 0.329 e. The number of esters is 1. The van der Waals surface area contributed by atoms with Crippen molar-refractivity contribution in [3.8, 4) is 0 Å². The Bertz CT molecular complexity index is 781. The van der Waals surface area contributed by atoms with Gasteiger partial charge in [-0.15, -0.1) is 6.58 Å². The van der Waals surface area contributed by atoms with Gasteiger partial charge in [0.05, 0.1) is 4.92 Å². The number of hydrogen-bond acceptors (Lipinski definition) is 6. The molecule has 2 atom stereocenters. The second-order valence-corrected chi connectivity index (χ2v) is 6.64. The number of amides is 2. The van der Waals surface area contributed by atoms with E-state index in [9.17, 15) is 24.5 Å². The normalized spacial score (nSPS) is 12.6. The second kappa shape index (κ2) is 10.4. The number of nitrogens with one attached hydrogen (secondary N) is 2. The lowest BCUT2D eigenvalue weighted by molar-refractivity contribution is -0.384. The summed E-state index contributed by atoms with van der Waals surface area (Å²) >= 11 is 5.73. The van der Waals surface area contributed by atoms with Gasteiger partial charge in [0.15, 0.2) is 6.10 Å². The Morgan fingerprint density at radius 1 is 1.32 bits per heavy atom. The van der Waals surface area contributed by atoms with Crippen LogP contribution in [-0.4, -0.2) is 41.4 Å². The van der Waals surface area contributed by atoms with Crippen molar-refractivity contribution in [3.05, 3.63) is 51.6 Å². The van der Waals surface area contributed by atoms with E-state index >= 15 is 0 Å². The zero-order valence-corrected chi connectivity index (χ0v) is 16.5. The molecule has 0 saturated carbocycles. The fraction of sp³-hybridized carbons (Fsp3) is 0.389. The average Bonchev–Trinajstić information content (AvgIpc) is 2.63. The predicted molar refractivity (Wildman–Crippen MR) is 103 cm³/mol. The van der Waals surface area contributed by atoms with Gasteiger partial charge in [0.2, 0.25) is 0 Å². The predicted octanol–water partition coefficient (Wildman–Crippen LogP) is 2.24. The number of benzene rings is 1. The summed E-state index contributed by atoms with van der Waals surface area (Å²) in [4.78, 5) is 46.9. The summed E-state index contributed by atoms with van der Waals surface area (Å²) in [5.74, 6) is -2.37. The highest BCUT2D eigenvalue weighted by molar-refractivity contribution is 6.32. The lowest BCUT2D eigenvalue weighted by Crippen LogP contribution is -2.47. The lowest BCUT2D eigenvalue weighted by Gasteiger charge is -2.23. The van der Waals surface area contributed by atoms with Crippen molar-refractivity contribution in [1.82, 2.24) is 10.6 Å². The minimum atomic E-state index is -1.07. The molecule has 0 unspecified atom stereocenters. The fourth-order valence-corrected chi connectivity index (χ4v) is 2.32. The maximum absolute atomic E-state index is 12.4. The van der Waals surface area contributed by atoms with E-state index in [2.05, 4.69) is 17.2 Å². The largest absolute Gasteiger partial charge is 0.451 e. The summed E-state index contributed by atoms with van der Waals surface area (Å²) in [5.41, 5.74) is -0.461. The average molecular weight is 412 g/mol. The van der Waals surface area contributed by atoms with Crippen LogP contribution in [0.15, 0.2) is 30.9 Å². The topological polar surface area (TPSA) is 128 Å². The molecule has 0 saturated heterocycles. The van der Waals surface area contributed by atoms with Crippen LogP contribution in [0.5, 0.6) is 0 Å². The number of halogens is 1. The van der Waals surface area contributed by atoms with Crippen molar-refractivity contribution >= 4 is 35.1 Å². The van der Waals surface area contributed by atoms with Crippen molar-refractivity contribution in [2.24, 2.45) is 5.92 Å². The van der Waals surface area contributed by atoms with Gasteiger partial charge in [-0.25, -0.2) is 4.79 Å². The van der Waals surface area contributed by atoms with Crippen LogP contribution in [0.3, 0.4) is 0 Å². The summed E-state index contributed by atoms with van der Waals surface area (Å²) in [6, 6.07) is 2.49. The number of nitro groups is 1. The number of hydrogen-bond donors (Lipinski definition) is 2. The first-order chi connectivity index (χ1) is 13.1. The number of nitro benzene ring substituents is 1. The highest BCUT2D eigenvalue weighted by Crippen LogP contribution is 2.25. The molecule has 0 aliphatic heterocycles. The molecule has 1 aromatic rings. The van der Waals surface area contributed by atoms with Gasteiger partial charge >= 0.3 is 5.97 Å². The van der Waals surface area contributed by atoms with Crippen molar-refractivity contribution < 1.29 is 24.0 Å². The summed E-state index contributed by atoms with van der Waals surface area (Å²) in [7, 11) is 0. The van der Waals surface area contributed by atoms with Crippen LogP contribution in [0.25, 0.3) is 0 Å². The molecule has 0 bridgehead atoms. The highest BCUT2D eigenvalue weighted by atomic mass is 35.5. The quantitative estimate of drug-likeness (QED) is 0.277. The van der Waals surface area contributed by atoms with E-state index in [4.69, 9.17) is 16.3 Å². The van der Waals surface area contributed by atoms with Crippen LogP contribution < -0.4 is 10.6 Å². The van der Waals surface area contributed by atoms with Crippen LogP contribution in [0.4, 0.5) is 5.69 Å². The fourth-order valence-electron chi connectivity index (χ4n) is 2.13. The zero-order valence-electron chi connectivity index (χ0n) is 15.7. The Morgan fingerprint density at radius 2 is 1.96 bits per heavy atom. The van der Waals surface area contributed by atoms with E-state index in [1.54, 1.807) is 13.8 Å². The Morgan fingerprint density at radius 3 is 2.50 bits per heavy atom. The third-order valence-corrected chi connectivity index (χ3v) is 4.01. The van der Waals surface area contributed by atoms with E-state index in [0.29, 0.717) is 0 Å². The minimum absolute atomic E-state index is 0.0358. The molecule has 28 heavy (non-hydrogen) atoms. The summed E-state index contributed by atoms with van der Waals surface area (Å²) < 4.78 is 5.12. The van der Waals surface area contributed by atoms with Crippen LogP contribution in [0, 0.1) is 16.0 Å². The molecule has 0 spiro atoms. The van der Waals surface area contributed by atoms with E-state index in [1.165, 1.54) is 25.1 Å². The van der Waals surface area contributed by atoms with Gasteiger partial charge in [-0.2, -0.15) is 0 Å². The van der Waals surface area contributed by atoms with Gasteiger partial charge in [0.25, 0.3) is 17.5 Å². The third-order valence-electron chi connectivity index (χ3n) is 3.70. The Kier molecular flexibility index (Phi) is 8.59. The van der Waals surface area contributed by atoms with Crippen LogP contribution in [-0.2, 0) is 14.3 Å². The number of carbonyl (C=O) groups excluding carboxylic acids is 3. The Balaban J connectivity index is 2.89. The van der Waals surface area contributed by atoms with Gasteiger partial charge in [-0.05, 0) is 25.0 Å². The summed E-state index contributed by atoms with van der Waals surface area (Å²) in [6.07, 6.45) is 0.414. The first kappa shape index (κ1) is 23.1. The first-order valence-corrected chi connectivity index (χ1v) is 8.80. The highest BCUT2D eigenvalue weighted by Gasteiger charge is 2.29. The van der Waals surface area contributed by atoms with E-state index < -0.39 is 40.5 Å². The summed E-state index contributed by atoms with van der Waals surface area (Å²) in [5, 5.41) is 15.8. The molecule has 10 heteroatoms. The standard InChI is InChI=1S/C18H22ClN3O6/c1-5-8-20-16(23)11(4)28-18(25)15(10(2)3)21-17(24)12-6-7-13(19)14(9-12)22(26)27/h5-7,9-11,15H,1,8H2,2-4H3,(H,20,23)(H,21,24)/t11-,15+/m1/s1. The monoisotopic (exact) mass is 411 g/mol. The van der Waals surface area contributed by atoms with Crippen LogP contribution in [0.2, 0.25) is 5.02 Å². The molecule has 0 radical (unpaired) electrons. The molecule has 0 heterocycles. The SMILES string of the molecule is C=CCNC(=O)[C@@H](C)OC(=O)[C@@H](NC(=O)c1ccc(Cl)c([N+](=O)[O-])c1)C(C)C. The van der Waals surface area contributed by atoms with Crippen molar-refractivity contribution in [2.75, 3.05) is 6.54 Å². The molecular formula is C18H22ClN3O6. The minimum Gasteiger partial charge on any atom is -0.451 e. The van der Waals surface area contributed by atoms with Gasteiger partial charge in [-0.3, -0.25) is 19.7 Å². The number of nitrogens with zero attached hydrogens (tertiary/aromatic N) is 1. The number of carbonyl (C=O) groups is 3. The maximum atomic E-state index is 12.4. The molecule has 0 aliphatic carbocycles. The molecule has 152 valence electrons. The molecule has 2 amide bonds. The van der Waals surface area contributed by atoms with Gasteiger partial charge in [0, 0.05) is 18.2 Å². The molecule has 2 N–H and O–H groups in total. The number of rotatable bonds is 9. The molecule has 1 rings (SSSR count). The smallest absolute Gasteiger partial charge is 0.329 e. The third kappa shape index (κ3) is 6.34. The van der Waals surface area contributed by atoms with E-state index in [0.717, 1.165) is 6.07 Å². The molecule has 1 aromatic carbocycles. The van der Waals surface area contributed by atoms with Gasteiger partial charge in [-0.1, -0.05) is 31.5 Å². The number of ether oxygens (including phenoxy) is 1. The molecule has 0 aliphatic rings. The van der Waals surface area contributed by atoms with Gasteiger partial charge in [0.1, 0.15) is 11.1 Å². The van der Waals surface area contributed by atoms with Crippen molar-refractivity contribution in [3.63, 3.8) is 0 Å². The summed E-state index contributed by atoms with van der Waals surface area (Å²) in [6.45, 7) is 8.45. The zero-order chi connectivity index (χ0) is 21.4. The van der Waals surface area contributed by atoms with E-state index in [1.807, 2.05) is 0 Å². The van der Waals surface area contributed by atoms with E-state index in [-0.39, 0.29) is 23.0 Å². The first-order valence-electron chi connectivity index (χ1n) is 8.42. The molecule has 9 nitrogen and oxygen atoms in total. The molecular weight excluding hydrogens is 390 g/mol. The Hall–Kier alpha value is -2.94. The molecule has 0 aromatic heterocycles. The van der Waals surface area contributed by atoms with Crippen LogP contribution >= 0.6 is 11.6 Å². The second-order valence-electron chi connectivity index (χ2n) is 6.23. The molecule has 0 fully saturated rings. The van der Waals surface area contributed by atoms with Crippen molar-refractivity contribution in [1.29, 1.82) is 0 Å².